The van der Waals surface area contributed by atoms with Crippen LogP contribution in [0.15, 0.2) is 89.0 Å². The van der Waals surface area contributed by atoms with Crippen LogP contribution in [-0.2, 0) is 9.59 Å². The number of halogens is 1. The van der Waals surface area contributed by atoms with Gasteiger partial charge in [0.15, 0.2) is 17.4 Å². The Hall–Kier alpha value is -6.90. The van der Waals surface area contributed by atoms with Crippen LogP contribution in [0.2, 0.25) is 0 Å². The van der Waals surface area contributed by atoms with Crippen molar-refractivity contribution in [2.45, 2.75) is 115 Å². The molecule has 11 rings (SSSR count). The average molecular weight is 1070 g/mol. The number of alkyl halides is 1. The van der Waals surface area contributed by atoms with Gasteiger partial charge in [0.1, 0.15) is 30.0 Å². The quantitative estimate of drug-likeness (QED) is 0.0789. The Morgan fingerprint density at radius 2 is 1.68 bits per heavy atom. The third-order valence-corrected chi connectivity index (χ3v) is 17.5. The number of hydrogen-bond donors (Lipinski definition) is 4. The fraction of sp³-hybridized carbons (Fsp3) is 0.491. The second-order valence-electron chi connectivity index (χ2n) is 22.0. The lowest BCUT2D eigenvalue weighted by Gasteiger charge is -2.43. The molecule has 0 spiro atoms. The van der Waals surface area contributed by atoms with Crippen molar-refractivity contribution in [1.29, 1.82) is 0 Å². The zero-order valence-electron chi connectivity index (χ0n) is 44.1. The maximum Gasteiger partial charge on any atom is 0.243 e. The first-order chi connectivity index (χ1) is 37.2. The van der Waals surface area contributed by atoms with Gasteiger partial charge in [0.2, 0.25) is 17.7 Å². The number of amides is 2. The van der Waals surface area contributed by atoms with Crippen LogP contribution in [0.5, 0.6) is 11.6 Å². The number of rotatable bonds is 15. The molecule has 20 heteroatoms. The molecule has 5 N–H and O–H groups in total. The van der Waals surface area contributed by atoms with Gasteiger partial charge >= 0.3 is 0 Å². The number of carbonyl (C=O) groups is 2. The highest BCUT2D eigenvalue weighted by molar-refractivity contribution is 7.13. The van der Waals surface area contributed by atoms with Crippen LogP contribution >= 0.6 is 11.3 Å². The molecule has 2 amide bonds. The molecule has 9 heterocycles. The molecule has 2 aromatic carbocycles. The van der Waals surface area contributed by atoms with E-state index in [0.29, 0.717) is 53.4 Å². The maximum absolute atomic E-state index is 16.0. The van der Waals surface area contributed by atoms with Gasteiger partial charge in [-0.25, -0.2) is 14.4 Å². The molecule has 2 bridgehead atoms. The topological polar surface area (TPSA) is 216 Å². The number of piperidine rings is 2. The lowest BCUT2D eigenvalue weighted by molar-refractivity contribution is -0.141. The molecule has 0 saturated carbocycles. The van der Waals surface area contributed by atoms with Crippen LogP contribution in [0.4, 0.5) is 27.4 Å². The maximum atomic E-state index is 16.0. The van der Waals surface area contributed by atoms with Crippen LogP contribution in [0.3, 0.4) is 0 Å². The number of para-hydroxylation sites is 1. The Morgan fingerprint density at radius 3 is 2.39 bits per heavy atom. The minimum absolute atomic E-state index is 0.0564. The zero-order chi connectivity index (χ0) is 53.5. The molecule has 5 aliphatic heterocycles. The number of benzene rings is 2. The summed E-state index contributed by atoms with van der Waals surface area (Å²) in [5.74, 6) is 0.961. The Labute approximate surface area is 452 Å². The van der Waals surface area contributed by atoms with Gasteiger partial charge in [-0.2, -0.15) is 0 Å². The molecule has 406 valence electrons. The second-order valence-corrected chi connectivity index (χ2v) is 22.9. The summed E-state index contributed by atoms with van der Waals surface area (Å²) >= 11 is 1.59. The van der Waals surface area contributed by atoms with Crippen molar-refractivity contribution in [3.8, 4) is 33.3 Å². The summed E-state index contributed by atoms with van der Waals surface area (Å²) in [6.07, 6.45) is 3.70. The molecule has 4 aromatic heterocycles. The lowest BCUT2D eigenvalue weighted by atomic mass is 9.91. The van der Waals surface area contributed by atoms with Crippen LogP contribution < -0.4 is 30.5 Å². The predicted molar refractivity (Wildman–Crippen MR) is 294 cm³/mol. The smallest absolute Gasteiger partial charge is 0.243 e. The summed E-state index contributed by atoms with van der Waals surface area (Å²) in [4.78, 5) is 48.9. The minimum atomic E-state index is -1.17. The van der Waals surface area contributed by atoms with E-state index < -0.39 is 30.3 Å². The molecule has 6 aromatic rings. The second kappa shape index (κ2) is 22.2. The number of likely N-dealkylation sites (tertiary alicyclic amines) is 2. The molecule has 77 heavy (non-hydrogen) atoms. The fourth-order valence-corrected chi connectivity index (χ4v) is 13.2. The van der Waals surface area contributed by atoms with E-state index in [1.807, 2.05) is 93.9 Å². The number of piperazine rings is 1. The molecule has 0 aliphatic carbocycles. The van der Waals surface area contributed by atoms with Crippen LogP contribution in [0.1, 0.15) is 88.3 Å². The first-order valence-electron chi connectivity index (χ1n) is 27.2. The van der Waals surface area contributed by atoms with E-state index in [1.54, 1.807) is 29.7 Å². The van der Waals surface area contributed by atoms with Gasteiger partial charge in [-0.1, -0.05) is 55.4 Å². The van der Waals surface area contributed by atoms with Crippen molar-refractivity contribution in [2.24, 2.45) is 11.8 Å². The van der Waals surface area contributed by atoms with E-state index in [1.165, 1.54) is 4.90 Å². The number of anilines is 4. The molecule has 18 nitrogen and oxygen atoms in total. The van der Waals surface area contributed by atoms with Gasteiger partial charge in [-0.05, 0) is 93.2 Å². The van der Waals surface area contributed by atoms with Gasteiger partial charge in [0.05, 0.1) is 39.6 Å². The number of nitrogens with two attached hydrogens (primary N) is 1. The van der Waals surface area contributed by atoms with Crippen molar-refractivity contribution in [2.75, 3.05) is 72.8 Å². The van der Waals surface area contributed by atoms with Crippen molar-refractivity contribution < 1.29 is 33.5 Å². The molecule has 8 atom stereocenters. The van der Waals surface area contributed by atoms with Gasteiger partial charge in [-0.3, -0.25) is 14.5 Å². The Morgan fingerprint density at radius 1 is 0.909 bits per heavy atom. The first kappa shape index (κ1) is 52.2. The number of aromatic hydroxyl groups is 1. The number of aliphatic hydroxyl groups excluding tert-OH is 1. The number of nitrogen functional groups attached to an aromatic ring is 1. The normalized spacial score (nSPS) is 23.9. The van der Waals surface area contributed by atoms with Crippen LogP contribution in [-0.4, -0.2) is 146 Å². The highest BCUT2D eigenvalue weighted by atomic mass is 32.1. The SMILES string of the molecule is Cc1ncsc1-c1ccc([C@H](C)NC(=O)[C@@H]2C[C@@H](O)CN2C(=O)[C@@H](c2cc(N3CCC(CN4CC[C@H](Oc5cc(N6C7CCC6CN(c6cc(-c8ccccc8O)nnc6N)C7)ccn5)[C@H](F)C4)CC3)no2)C(C)C)cc1. The third kappa shape index (κ3) is 11.0. The zero-order valence-corrected chi connectivity index (χ0v) is 44.9. The number of aryl methyl sites for hydroxylation is 1. The molecule has 5 fully saturated rings. The fourth-order valence-electron chi connectivity index (χ4n) is 12.4. The summed E-state index contributed by atoms with van der Waals surface area (Å²) in [5, 5.41) is 37.3. The van der Waals surface area contributed by atoms with E-state index in [0.717, 1.165) is 98.0 Å². The summed E-state index contributed by atoms with van der Waals surface area (Å²) < 4.78 is 28.3. The average Bonchev–Trinajstić information content (AvgIpc) is 4.31. The summed E-state index contributed by atoms with van der Waals surface area (Å²) in [7, 11) is 0. The van der Waals surface area contributed by atoms with E-state index in [9.17, 15) is 19.8 Å². The highest BCUT2D eigenvalue weighted by Crippen LogP contribution is 2.41. The number of hydrogen-bond acceptors (Lipinski definition) is 17. The van der Waals surface area contributed by atoms with Crippen LogP contribution in [0.25, 0.3) is 21.7 Å². The molecule has 5 aliphatic rings. The molecule has 2 unspecified atom stereocenters. The standard InChI is InChI=1S/C57H69FN12O6S/c1-33(2)53(57(74)69-30-42(71)24-47(69)56(73)62-34(3)37-9-11-38(12-10-37)54-35(4)61-32-77-54)50-26-51(65-76-50)67-21-16-36(17-22-67)27-66-20-18-49(44(58)31-66)75-52-23-39(15-19-60-52)70-40-13-14-41(70)29-68(28-40)46-25-45(63-64-55(46)59)43-7-5-6-8-48(43)72/h5-12,15,19,23,25-26,32-34,36,40-42,44,47,49,53,71-72H,13-14,16-18,20-22,24,27-31H2,1-4H3,(H2,59,64)(H,62,73)/t34-,40?,41?,42+,44+,47-,49-,53+/m0/s1. The minimum Gasteiger partial charge on any atom is -0.507 e. The summed E-state index contributed by atoms with van der Waals surface area (Å²) in [5.41, 5.74) is 14.2. The number of carbonyl (C=O) groups excluding carboxylic acids is 2. The largest absolute Gasteiger partial charge is 0.507 e. The van der Waals surface area contributed by atoms with Gasteiger partial charge < -0.3 is 50.1 Å². The lowest BCUT2D eigenvalue weighted by Crippen LogP contribution is -2.54. The van der Waals surface area contributed by atoms with Gasteiger partial charge in [-0.15, -0.1) is 21.5 Å². The number of thiazole rings is 1. The number of ether oxygens (including phenoxy) is 1. The van der Waals surface area contributed by atoms with Gasteiger partial charge in [0.25, 0.3) is 0 Å². The first-order valence-corrected chi connectivity index (χ1v) is 28.1. The van der Waals surface area contributed by atoms with Crippen molar-refractivity contribution in [3.05, 3.63) is 102 Å². The van der Waals surface area contributed by atoms with Crippen molar-refractivity contribution in [1.82, 2.24) is 40.4 Å². The number of phenolic OH excluding ortho intramolecular Hbond substituents is 1. The highest BCUT2D eigenvalue weighted by Gasteiger charge is 2.45. The third-order valence-electron chi connectivity index (χ3n) is 16.5. The summed E-state index contributed by atoms with van der Waals surface area (Å²) in [6.45, 7) is 12.6. The number of phenols is 1. The van der Waals surface area contributed by atoms with Gasteiger partial charge in [0, 0.05) is 100 Å². The number of aliphatic hydroxyl groups is 1. The number of aromatic nitrogens is 5. The molecular formula is C57H69FN12O6S. The Bertz CT molecular complexity index is 3030. The number of nitrogens with one attached hydrogen (secondary N) is 1. The van der Waals surface area contributed by atoms with Crippen molar-refractivity contribution in [3.63, 3.8) is 0 Å². The molecular weight excluding hydrogens is 1000 g/mol. The molecule has 0 radical (unpaired) electrons. The monoisotopic (exact) mass is 1070 g/mol. The predicted octanol–water partition coefficient (Wildman–Crippen LogP) is 7.39. The van der Waals surface area contributed by atoms with E-state index >= 15 is 4.39 Å². The Balaban J connectivity index is 0.647. The van der Waals surface area contributed by atoms with Crippen molar-refractivity contribution >= 4 is 46.2 Å². The van der Waals surface area contributed by atoms with E-state index in [4.69, 9.17) is 15.0 Å². The summed E-state index contributed by atoms with van der Waals surface area (Å²) in [6, 6.07) is 22.1. The van der Waals surface area contributed by atoms with Crippen LogP contribution in [0, 0.1) is 18.8 Å². The number of β-amino-alcohol motifs (C(OH)–C–C–N with tert-alkyl or cyclic N) is 1. The van der Waals surface area contributed by atoms with E-state index in [2.05, 4.69) is 50.2 Å². The van der Waals surface area contributed by atoms with E-state index in [-0.39, 0.29) is 54.6 Å². The number of fused-ring (bicyclic) bond motifs is 2. The Kier molecular flexibility index (Phi) is 15.1. The molecule has 5 saturated heterocycles. The number of nitrogens with zero attached hydrogens (tertiary/aromatic N) is 10. The number of pyridine rings is 1.